The second-order valence-electron chi connectivity index (χ2n) is 9.07. The van der Waals surface area contributed by atoms with Crippen molar-refractivity contribution in [3.8, 4) is 0 Å². The van der Waals surface area contributed by atoms with E-state index in [0.717, 1.165) is 5.56 Å². The molecule has 3 heteroatoms. The molecular formula is C23H32O3. The van der Waals surface area contributed by atoms with Crippen molar-refractivity contribution in [2.24, 2.45) is 5.41 Å². The highest BCUT2D eigenvalue weighted by atomic mass is 16.6. The summed E-state index contributed by atoms with van der Waals surface area (Å²) in [7, 11) is 0. The molecule has 2 aromatic carbocycles. The molecule has 2 rings (SSSR count). The SMILES string of the molecule is CC(C)(CCOC(C)(C)c1ccc2ccccc2c1)OC(=O)C(C)(C)C. The van der Waals surface area contributed by atoms with Crippen LogP contribution in [-0.2, 0) is 19.9 Å². The molecule has 0 N–H and O–H groups in total. The van der Waals surface area contributed by atoms with Crippen LogP contribution in [0.4, 0.5) is 0 Å². The van der Waals surface area contributed by atoms with Gasteiger partial charge in [0.05, 0.1) is 17.6 Å². The molecule has 0 radical (unpaired) electrons. The van der Waals surface area contributed by atoms with E-state index in [1.54, 1.807) is 0 Å². The van der Waals surface area contributed by atoms with Crippen LogP contribution in [0.15, 0.2) is 42.5 Å². The quantitative estimate of drug-likeness (QED) is 0.609. The summed E-state index contributed by atoms with van der Waals surface area (Å²) in [6.07, 6.45) is 0.645. The van der Waals surface area contributed by atoms with E-state index in [1.165, 1.54) is 10.8 Å². The number of esters is 1. The van der Waals surface area contributed by atoms with Crippen LogP contribution in [0.1, 0.15) is 60.5 Å². The smallest absolute Gasteiger partial charge is 0.311 e. The van der Waals surface area contributed by atoms with Crippen molar-refractivity contribution in [1.29, 1.82) is 0 Å². The van der Waals surface area contributed by atoms with E-state index in [0.29, 0.717) is 13.0 Å². The van der Waals surface area contributed by atoms with Gasteiger partial charge in [-0.25, -0.2) is 0 Å². The summed E-state index contributed by atoms with van der Waals surface area (Å²) in [6.45, 7) is 14.1. The minimum atomic E-state index is -0.552. The number of hydrogen-bond donors (Lipinski definition) is 0. The molecular weight excluding hydrogens is 324 g/mol. The second kappa shape index (κ2) is 7.40. The molecule has 2 aromatic rings. The lowest BCUT2D eigenvalue weighted by molar-refractivity contribution is -0.168. The van der Waals surface area contributed by atoms with Crippen LogP contribution in [0.2, 0.25) is 0 Å². The number of benzene rings is 2. The molecule has 3 nitrogen and oxygen atoms in total. The number of carbonyl (C=O) groups is 1. The molecule has 0 saturated carbocycles. The van der Waals surface area contributed by atoms with Gasteiger partial charge in [-0.2, -0.15) is 0 Å². The van der Waals surface area contributed by atoms with E-state index < -0.39 is 16.6 Å². The summed E-state index contributed by atoms with van der Waals surface area (Å²) in [5.74, 6) is -0.184. The maximum absolute atomic E-state index is 12.1. The fraction of sp³-hybridized carbons (Fsp3) is 0.522. The zero-order valence-corrected chi connectivity index (χ0v) is 17.2. The Bertz CT molecular complexity index is 766. The lowest BCUT2D eigenvalue weighted by Gasteiger charge is -2.31. The van der Waals surface area contributed by atoms with Gasteiger partial charge < -0.3 is 9.47 Å². The molecule has 0 unspecified atom stereocenters. The fourth-order valence-electron chi connectivity index (χ4n) is 2.65. The van der Waals surface area contributed by atoms with Gasteiger partial charge in [0.15, 0.2) is 0 Å². The molecule has 0 heterocycles. The molecule has 0 aliphatic rings. The maximum atomic E-state index is 12.1. The molecule has 0 amide bonds. The summed E-state index contributed by atoms with van der Waals surface area (Å²) in [5, 5.41) is 2.43. The Morgan fingerprint density at radius 1 is 0.885 bits per heavy atom. The van der Waals surface area contributed by atoms with E-state index >= 15 is 0 Å². The van der Waals surface area contributed by atoms with E-state index in [4.69, 9.17) is 9.47 Å². The fourth-order valence-corrected chi connectivity index (χ4v) is 2.65. The summed E-state index contributed by atoms with van der Waals surface area (Å²) in [5.41, 5.74) is -0.318. The number of rotatable bonds is 6. The summed E-state index contributed by atoms with van der Waals surface area (Å²) in [6, 6.07) is 14.7. The first-order valence-corrected chi connectivity index (χ1v) is 9.27. The van der Waals surface area contributed by atoms with Gasteiger partial charge in [0, 0.05) is 6.42 Å². The predicted octanol–water partition coefficient (Wildman–Crippen LogP) is 5.85. The van der Waals surface area contributed by atoms with Crippen LogP contribution in [0.25, 0.3) is 10.8 Å². The van der Waals surface area contributed by atoms with Gasteiger partial charge in [0.2, 0.25) is 0 Å². The zero-order chi connectivity index (χ0) is 19.6. The van der Waals surface area contributed by atoms with Gasteiger partial charge in [0.1, 0.15) is 5.60 Å². The Kier molecular flexibility index (Phi) is 5.82. The molecule has 0 aliphatic carbocycles. The Hall–Kier alpha value is -1.87. The lowest BCUT2D eigenvalue weighted by Crippen LogP contribution is -2.36. The molecule has 0 fully saturated rings. The molecule has 0 bridgehead atoms. The highest BCUT2D eigenvalue weighted by Gasteiger charge is 2.31. The topological polar surface area (TPSA) is 35.5 Å². The Labute approximate surface area is 157 Å². The predicted molar refractivity (Wildman–Crippen MR) is 107 cm³/mol. The largest absolute Gasteiger partial charge is 0.459 e. The van der Waals surface area contributed by atoms with Gasteiger partial charge in [-0.1, -0.05) is 36.4 Å². The van der Waals surface area contributed by atoms with Crippen molar-refractivity contribution in [3.63, 3.8) is 0 Å². The van der Waals surface area contributed by atoms with Crippen molar-refractivity contribution in [2.75, 3.05) is 6.61 Å². The molecule has 142 valence electrons. The maximum Gasteiger partial charge on any atom is 0.311 e. The average Bonchev–Trinajstić information content (AvgIpc) is 2.52. The molecule has 0 aliphatic heterocycles. The summed E-state index contributed by atoms with van der Waals surface area (Å²) >= 11 is 0. The van der Waals surface area contributed by atoms with Gasteiger partial charge in [-0.15, -0.1) is 0 Å². The van der Waals surface area contributed by atoms with Crippen LogP contribution in [0.3, 0.4) is 0 Å². The number of hydrogen-bond acceptors (Lipinski definition) is 3. The Morgan fingerprint density at radius 2 is 1.50 bits per heavy atom. The summed E-state index contributed by atoms with van der Waals surface area (Å²) in [4.78, 5) is 12.1. The minimum absolute atomic E-state index is 0.184. The first kappa shape index (κ1) is 20.4. The monoisotopic (exact) mass is 356 g/mol. The first-order chi connectivity index (χ1) is 11.9. The van der Waals surface area contributed by atoms with Crippen molar-refractivity contribution in [2.45, 2.75) is 66.1 Å². The molecule has 0 atom stereocenters. The molecule has 0 saturated heterocycles. The van der Waals surface area contributed by atoms with Gasteiger partial charge in [-0.3, -0.25) is 4.79 Å². The summed E-state index contributed by atoms with van der Waals surface area (Å²) < 4.78 is 11.8. The van der Waals surface area contributed by atoms with E-state index in [-0.39, 0.29) is 5.97 Å². The molecule has 0 spiro atoms. The van der Waals surface area contributed by atoms with Crippen LogP contribution >= 0.6 is 0 Å². The van der Waals surface area contributed by atoms with Crippen molar-refractivity contribution >= 4 is 16.7 Å². The van der Waals surface area contributed by atoms with Gasteiger partial charge in [0.25, 0.3) is 0 Å². The average molecular weight is 357 g/mol. The third kappa shape index (κ3) is 5.31. The van der Waals surface area contributed by atoms with Crippen LogP contribution in [0.5, 0.6) is 0 Å². The molecule has 0 aromatic heterocycles. The van der Waals surface area contributed by atoms with Gasteiger partial charge in [-0.05, 0) is 70.9 Å². The Balaban J connectivity index is 1.99. The van der Waals surface area contributed by atoms with Crippen LogP contribution < -0.4 is 0 Å². The number of ether oxygens (including phenoxy) is 2. The van der Waals surface area contributed by atoms with Gasteiger partial charge >= 0.3 is 5.97 Å². The first-order valence-electron chi connectivity index (χ1n) is 9.27. The van der Waals surface area contributed by atoms with Crippen molar-refractivity contribution in [3.05, 3.63) is 48.0 Å². The van der Waals surface area contributed by atoms with E-state index in [1.807, 2.05) is 46.8 Å². The normalized spacial score (nSPS) is 13.0. The highest BCUT2D eigenvalue weighted by Crippen LogP contribution is 2.29. The van der Waals surface area contributed by atoms with E-state index in [9.17, 15) is 4.79 Å². The molecule has 26 heavy (non-hydrogen) atoms. The highest BCUT2D eigenvalue weighted by molar-refractivity contribution is 5.83. The van der Waals surface area contributed by atoms with Crippen molar-refractivity contribution < 1.29 is 14.3 Å². The number of carbonyl (C=O) groups excluding carboxylic acids is 1. The Morgan fingerprint density at radius 3 is 2.12 bits per heavy atom. The van der Waals surface area contributed by atoms with Crippen LogP contribution in [-0.4, -0.2) is 18.2 Å². The zero-order valence-electron chi connectivity index (χ0n) is 17.2. The standard InChI is InChI=1S/C23H32O3/c1-21(2,3)20(24)26-22(4,5)14-15-25-23(6,7)19-13-12-17-10-8-9-11-18(17)16-19/h8-13,16H,14-15H2,1-7H3. The second-order valence-corrected chi connectivity index (χ2v) is 9.07. The van der Waals surface area contributed by atoms with Crippen LogP contribution in [0, 0.1) is 5.41 Å². The van der Waals surface area contributed by atoms with E-state index in [2.05, 4.69) is 44.2 Å². The third-order valence-electron chi connectivity index (χ3n) is 4.59. The van der Waals surface area contributed by atoms with Crippen molar-refractivity contribution in [1.82, 2.24) is 0 Å². The third-order valence-corrected chi connectivity index (χ3v) is 4.59. The lowest BCUT2D eigenvalue weighted by atomic mass is 9.94. The minimum Gasteiger partial charge on any atom is -0.459 e. The number of fused-ring (bicyclic) bond motifs is 1.